The number of benzene rings is 3. The largest absolute Gasteiger partial charge is 0.497 e. The van der Waals surface area contributed by atoms with E-state index in [1.165, 1.54) is 11.8 Å². The predicted octanol–water partition coefficient (Wildman–Crippen LogP) is 5.25. The summed E-state index contributed by atoms with van der Waals surface area (Å²) in [5.41, 5.74) is 4.29. The molecule has 5 nitrogen and oxygen atoms in total. The Morgan fingerprint density at radius 2 is 1.82 bits per heavy atom. The van der Waals surface area contributed by atoms with Crippen LogP contribution in [0.15, 0.2) is 66.7 Å². The van der Waals surface area contributed by atoms with Crippen molar-refractivity contribution in [1.29, 1.82) is 0 Å². The van der Waals surface area contributed by atoms with Crippen LogP contribution in [-0.2, 0) is 16.2 Å². The fourth-order valence-electron chi connectivity index (χ4n) is 4.51. The van der Waals surface area contributed by atoms with Crippen molar-refractivity contribution < 1.29 is 14.3 Å². The van der Waals surface area contributed by atoms with Crippen LogP contribution in [0.1, 0.15) is 27.0 Å². The second-order valence-electron chi connectivity index (χ2n) is 8.22. The molecule has 0 bridgehead atoms. The zero-order chi connectivity index (χ0) is 23.2. The number of rotatable bonds is 4. The summed E-state index contributed by atoms with van der Waals surface area (Å²) in [5.74, 6) is 1.05. The van der Waals surface area contributed by atoms with Gasteiger partial charge in [0.2, 0.25) is 0 Å². The molecule has 0 aliphatic carbocycles. The minimum atomic E-state index is -1.12. The van der Waals surface area contributed by atoms with Crippen LogP contribution in [0.25, 0.3) is 0 Å². The van der Waals surface area contributed by atoms with Crippen LogP contribution in [0, 0.1) is 6.92 Å². The molecule has 3 aromatic carbocycles. The molecule has 1 saturated heterocycles. The van der Waals surface area contributed by atoms with Gasteiger partial charge in [-0.2, -0.15) is 0 Å². The number of carbonyl (C=O) groups excluding carboxylic acids is 2. The molecule has 1 atom stereocenters. The molecule has 2 aliphatic rings. The monoisotopic (exact) mass is 478 g/mol. The van der Waals surface area contributed by atoms with Gasteiger partial charge in [-0.05, 0) is 55.0 Å². The number of carbonyl (C=O) groups is 2. The number of anilines is 1. The summed E-state index contributed by atoms with van der Waals surface area (Å²) in [4.78, 5) is 30.0. The Kier molecular flexibility index (Phi) is 5.59. The van der Waals surface area contributed by atoms with Gasteiger partial charge in [-0.15, -0.1) is 11.8 Å². The fourth-order valence-corrected chi connectivity index (χ4v) is 6.13. The molecule has 0 aromatic heterocycles. The van der Waals surface area contributed by atoms with Crippen molar-refractivity contribution in [2.24, 2.45) is 0 Å². The van der Waals surface area contributed by atoms with Gasteiger partial charge in [0, 0.05) is 28.4 Å². The van der Waals surface area contributed by atoms with Crippen LogP contribution in [0.2, 0.25) is 5.02 Å². The van der Waals surface area contributed by atoms with Gasteiger partial charge in [-0.1, -0.05) is 41.4 Å². The zero-order valence-electron chi connectivity index (χ0n) is 18.4. The van der Waals surface area contributed by atoms with E-state index in [1.54, 1.807) is 47.2 Å². The number of ether oxygens (including phenoxy) is 1. The summed E-state index contributed by atoms with van der Waals surface area (Å²) in [5, 5.41) is 0.544. The lowest BCUT2D eigenvalue weighted by Gasteiger charge is -2.33. The lowest BCUT2D eigenvalue weighted by atomic mass is 10.0. The lowest BCUT2D eigenvalue weighted by Crippen LogP contribution is -2.50. The van der Waals surface area contributed by atoms with Gasteiger partial charge in [-0.25, -0.2) is 0 Å². The average Bonchev–Trinajstić information content (AvgIpc) is 3.37. The van der Waals surface area contributed by atoms with Crippen molar-refractivity contribution in [3.8, 4) is 5.75 Å². The summed E-state index contributed by atoms with van der Waals surface area (Å²) >= 11 is 7.88. The maximum absolute atomic E-state index is 14.1. The molecule has 0 radical (unpaired) electrons. The Morgan fingerprint density at radius 1 is 1.09 bits per heavy atom. The van der Waals surface area contributed by atoms with E-state index in [0.717, 1.165) is 22.4 Å². The topological polar surface area (TPSA) is 49.9 Å². The Morgan fingerprint density at radius 3 is 2.52 bits per heavy atom. The molecule has 0 N–H and O–H groups in total. The van der Waals surface area contributed by atoms with Crippen molar-refractivity contribution in [2.45, 2.75) is 18.3 Å². The highest BCUT2D eigenvalue weighted by Crippen LogP contribution is 2.55. The quantitative estimate of drug-likeness (QED) is 0.514. The Balaban J connectivity index is 1.56. The third-order valence-electron chi connectivity index (χ3n) is 6.20. The molecule has 5 rings (SSSR count). The molecule has 7 heteroatoms. The standard InChI is InChI=1S/C26H23ClN2O3S/c1-17-3-5-18(6-4-17)16-28-23-12-9-20(27)15-22(23)26(25(28)31)29(13-14-33-26)24(30)19-7-10-21(32-2)11-8-19/h3-12,15H,13-14,16H2,1-2H3. The second kappa shape index (κ2) is 8.43. The summed E-state index contributed by atoms with van der Waals surface area (Å²) in [6.07, 6.45) is 0. The van der Waals surface area contributed by atoms with Crippen molar-refractivity contribution in [1.82, 2.24) is 4.90 Å². The van der Waals surface area contributed by atoms with Crippen LogP contribution >= 0.6 is 23.4 Å². The number of halogens is 1. The van der Waals surface area contributed by atoms with E-state index in [4.69, 9.17) is 16.3 Å². The first-order chi connectivity index (χ1) is 15.9. The van der Waals surface area contributed by atoms with Crippen LogP contribution in [0.3, 0.4) is 0 Å². The second-order valence-corrected chi connectivity index (χ2v) is 9.94. The minimum absolute atomic E-state index is 0.107. The molecule has 1 spiro atoms. The number of aryl methyl sites for hydroxylation is 1. The maximum Gasteiger partial charge on any atom is 0.268 e. The first-order valence-electron chi connectivity index (χ1n) is 10.7. The van der Waals surface area contributed by atoms with Crippen molar-refractivity contribution in [3.63, 3.8) is 0 Å². The number of methoxy groups -OCH3 is 1. The number of thioether (sulfide) groups is 1. The van der Waals surface area contributed by atoms with Gasteiger partial charge in [0.1, 0.15) is 5.75 Å². The van der Waals surface area contributed by atoms with Gasteiger partial charge >= 0.3 is 0 Å². The molecule has 0 saturated carbocycles. The smallest absolute Gasteiger partial charge is 0.268 e. The molecule has 3 aromatic rings. The number of fused-ring (bicyclic) bond motifs is 2. The van der Waals surface area contributed by atoms with Crippen LogP contribution in [-0.4, -0.2) is 36.1 Å². The van der Waals surface area contributed by atoms with Crippen LogP contribution in [0.5, 0.6) is 5.75 Å². The SMILES string of the molecule is COc1ccc(C(=O)N2CCSC23C(=O)N(Cc2ccc(C)cc2)c2ccc(Cl)cc23)cc1. The van der Waals surface area contributed by atoms with E-state index < -0.39 is 4.87 Å². The first-order valence-corrected chi connectivity index (χ1v) is 12.1. The number of hydrogen-bond acceptors (Lipinski definition) is 4. The summed E-state index contributed by atoms with van der Waals surface area (Å²) in [6, 6.07) is 20.6. The van der Waals surface area contributed by atoms with Gasteiger partial charge in [0.25, 0.3) is 11.8 Å². The predicted molar refractivity (Wildman–Crippen MR) is 132 cm³/mol. The van der Waals surface area contributed by atoms with E-state index in [9.17, 15) is 9.59 Å². The molecule has 2 heterocycles. The molecule has 1 unspecified atom stereocenters. The van der Waals surface area contributed by atoms with E-state index in [1.807, 2.05) is 43.3 Å². The van der Waals surface area contributed by atoms with Crippen molar-refractivity contribution in [3.05, 3.63) is 94.0 Å². The number of hydrogen-bond donors (Lipinski definition) is 0. The van der Waals surface area contributed by atoms with E-state index in [-0.39, 0.29) is 11.8 Å². The van der Waals surface area contributed by atoms with Crippen molar-refractivity contribution in [2.75, 3.05) is 24.3 Å². The van der Waals surface area contributed by atoms with E-state index >= 15 is 0 Å². The lowest BCUT2D eigenvalue weighted by molar-refractivity contribution is -0.123. The normalized spacial score (nSPS) is 19.3. The molecule has 2 amide bonds. The minimum Gasteiger partial charge on any atom is -0.497 e. The highest BCUT2D eigenvalue weighted by Gasteiger charge is 2.59. The van der Waals surface area contributed by atoms with Gasteiger partial charge < -0.3 is 14.5 Å². The Hall–Kier alpha value is -2.96. The third-order valence-corrected chi connectivity index (χ3v) is 7.85. The number of nitrogens with zero attached hydrogens (tertiary/aromatic N) is 2. The van der Waals surface area contributed by atoms with E-state index in [0.29, 0.717) is 35.2 Å². The Labute approximate surface area is 202 Å². The average molecular weight is 479 g/mol. The highest BCUT2D eigenvalue weighted by molar-refractivity contribution is 8.01. The van der Waals surface area contributed by atoms with Crippen molar-refractivity contribution >= 4 is 40.9 Å². The third kappa shape index (κ3) is 3.58. The maximum atomic E-state index is 14.1. The van der Waals surface area contributed by atoms with Crippen LogP contribution < -0.4 is 9.64 Å². The molecular formula is C26H23ClN2O3S. The highest BCUT2D eigenvalue weighted by atomic mass is 35.5. The summed E-state index contributed by atoms with van der Waals surface area (Å²) in [6.45, 7) is 2.95. The first kappa shape index (κ1) is 21.9. The Bertz CT molecular complexity index is 1230. The van der Waals surface area contributed by atoms with Gasteiger partial charge in [0.15, 0.2) is 4.87 Å². The molecule has 1 fully saturated rings. The molecular weight excluding hydrogens is 456 g/mol. The fraction of sp³-hybridized carbons (Fsp3) is 0.231. The van der Waals surface area contributed by atoms with Gasteiger partial charge in [-0.3, -0.25) is 9.59 Å². The molecule has 2 aliphatic heterocycles. The zero-order valence-corrected chi connectivity index (χ0v) is 19.9. The van der Waals surface area contributed by atoms with E-state index in [2.05, 4.69) is 0 Å². The van der Waals surface area contributed by atoms with Gasteiger partial charge in [0.05, 0.1) is 19.3 Å². The summed E-state index contributed by atoms with van der Waals surface area (Å²) in [7, 11) is 1.59. The number of amides is 2. The molecule has 33 heavy (non-hydrogen) atoms. The van der Waals surface area contributed by atoms with Crippen LogP contribution in [0.4, 0.5) is 5.69 Å². The summed E-state index contributed by atoms with van der Waals surface area (Å²) < 4.78 is 5.22. The molecule has 168 valence electrons.